The highest BCUT2D eigenvalue weighted by Gasteiger charge is 2.27. The molecular weight excluding hydrogens is 450 g/mol. The number of hydrogen-bond donors (Lipinski definition) is 0. The zero-order valence-electron chi connectivity index (χ0n) is 15.0. The van der Waals surface area contributed by atoms with Crippen molar-refractivity contribution >= 4 is 51.4 Å². The number of methoxy groups -OCH3 is 1. The number of benzene rings is 2. The average molecular weight is 465 g/mol. The fraction of sp³-hybridized carbons (Fsp3) is 0.150. The number of rotatable bonds is 5. The van der Waals surface area contributed by atoms with Crippen molar-refractivity contribution in [2.75, 3.05) is 7.11 Å². The molecule has 0 bridgehead atoms. The molecule has 0 N–H and O–H groups in total. The lowest BCUT2D eigenvalue weighted by Gasteiger charge is -2.07. The molecular formula is C20H15BrClNO5. The Kier molecular flexibility index (Phi) is 6.16. The van der Waals surface area contributed by atoms with E-state index in [4.69, 9.17) is 25.8 Å². The number of ether oxygens (including phenoxy) is 3. The number of carbonyl (C=O) groups is 2. The monoisotopic (exact) mass is 463 g/mol. The van der Waals surface area contributed by atoms with Gasteiger partial charge in [0.15, 0.2) is 5.70 Å². The molecule has 0 aliphatic carbocycles. The van der Waals surface area contributed by atoms with Crippen LogP contribution >= 0.6 is 27.5 Å². The first-order valence-electron chi connectivity index (χ1n) is 8.28. The smallest absolute Gasteiger partial charge is 0.363 e. The lowest BCUT2D eigenvalue weighted by molar-refractivity contribution is -0.134. The molecule has 1 heterocycles. The third kappa shape index (κ3) is 4.43. The Morgan fingerprint density at radius 2 is 2.00 bits per heavy atom. The first-order chi connectivity index (χ1) is 13.4. The second-order valence-corrected chi connectivity index (χ2v) is 7.04. The summed E-state index contributed by atoms with van der Waals surface area (Å²) in [6.07, 6.45) is 1.72. The molecule has 144 valence electrons. The van der Waals surface area contributed by atoms with Crippen LogP contribution in [0.15, 0.2) is 51.6 Å². The molecule has 0 fully saturated rings. The van der Waals surface area contributed by atoms with Crippen LogP contribution < -0.4 is 9.47 Å². The van der Waals surface area contributed by atoms with Gasteiger partial charge in [-0.15, -0.1) is 0 Å². The Labute approximate surface area is 174 Å². The number of esters is 2. The normalized spacial score (nSPS) is 14.6. The van der Waals surface area contributed by atoms with E-state index < -0.39 is 5.97 Å². The van der Waals surface area contributed by atoms with Gasteiger partial charge in [0, 0.05) is 21.5 Å². The fourth-order valence-corrected chi connectivity index (χ4v) is 2.99. The Balaban J connectivity index is 2.02. The second-order valence-electron chi connectivity index (χ2n) is 5.69. The highest BCUT2D eigenvalue weighted by Crippen LogP contribution is 2.30. The summed E-state index contributed by atoms with van der Waals surface area (Å²) >= 11 is 9.40. The SMILES string of the molecule is CCC(=O)Oc1ccc(Br)cc1/C=C1\N=C(c2cc(Cl)ccc2OC)OC1=O. The summed E-state index contributed by atoms with van der Waals surface area (Å²) in [6, 6.07) is 10.0. The topological polar surface area (TPSA) is 74.2 Å². The molecule has 1 aliphatic heterocycles. The van der Waals surface area contributed by atoms with Crippen molar-refractivity contribution in [2.24, 2.45) is 4.99 Å². The molecule has 0 atom stereocenters. The van der Waals surface area contributed by atoms with Crippen molar-refractivity contribution in [3.63, 3.8) is 0 Å². The Hall–Kier alpha value is -2.64. The van der Waals surface area contributed by atoms with Gasteiger partial charge in [0.2, 0.25) is 5.90 Å². The van der Waals surface area contributed by atoms with Crippen LogP contribution in [-0.4, -0.2) is 24.9 Å². The van der Waals surface area contributed by atoms with Gasteiger partial charge in [0.1, 0.15) is 11.5 Å². The van der Waals surface area contributed by atoms with Crippen LogP contribution in [0.3, 0.4) is 0 Å². The van der Waals surface area contributed by atoms with Gasteiger partial charge < -0.3 is 14.2 Å². The lowest BCUT2D eigenvalue weighted by Crippen LogP contribution is -2.07. The Bertz CT molecular complexity index is 1020. The predicted molar refractivity (Wildman–Crippen MR) is 109 cm³/mol. The summed E-state index contributed by atoms with van der Waals surface area (Å²) in [4.78, 5) is 28.2. The van der Waals surface area contributed by atoms with Crippen LogP contribution in [0, 0.1) is 0 Å². The van der Waals surface area contributed by atoms with Gasteiger partial charge in [0.05, 0.1) is 12.7 Å². The molecule has 0 saturated carbocycles. The zero-order chi connectivity index (χ0) is 20.3. The van der Waals surface area contributed by atoms with E-state index in [9.17, 15) is 9.59 Å². The average Bonchev–Trinajstić information content (AvgIpc) is 3.04. The van der Waals surface area contributed by atoms with Gasteiger partial charge in [-0.1, -0.05) is 34.5 Å². The van der Waals surface area contributed by atoms with Crippen molar-refractivity contribution in [2.45, 2.75) is 13.3 Å². The van der Waals surface area contributed by atoms with E-state index in [0.717, 1.165) is 4.47 Å². The molecule has 0 unspecified atom stereocenters. The largest absolute Gasteiger partial charge is 0.496 e. The molecule has 0 radical (unpaired) electrons. The van der Waals surface area contributed by atoms with Crippen molar-refractivity contribution in [1.82, 2.24) is 0 Å². The number of aliphatic imine (C=N–C) groups is 1. The Morgan fingerprint density at radius 3 is 2.71 bits per heavy atom. The zero-order valence-corrected chi connectivity index (χ0v) is 17.3. The van der Waals surface area contributed by atoms with E-state index in [1.54, 1.807) is 43.3 Å². The number of cyclic esters (lactones) is 1. The van der Waals surface area contributed by atoms with Gasteiger partial charge >= 0.3 is 11.9 Å². The highest BCUT2D eigenvalue weighted by molar-refractivity contribution is 9.10. The van der Waals surface area contributed by atoms with Gasteiger partial charge in [-0.05, 0) is 42.5 Å². The third-order valence-corrected chi connectivity index (χ3v) is 4.52. The number of hydrogen-bond acceptors (Lipinski definition) is 6. The summed E-state index contributed by atoms with van der Waals surface area (Å²) in [5.41, 5.74) is 1.02. The van der Waals surface area contributed by atoms with E-state index >= 15 is 0 Å². The van der Waals surface area contributed by atoms with Gasteiger partial charge in [-0.25, -0.2) is 9.79 Å². The minimum absolute atomic E-state index is 0.0592. The third-order valence-electron chi connectivity index (χ3n) is 3.79. The van der Waals surface area contributed by atoms with Crippen LogP contribution in [0.1, 0.15) is 24.5 Å². The molecule has 0 spiro atoms. The van der Waals surface area contributed by atoms with Gasteiger partial charge in [-0.2, -0.15) is 0 Å². The lowest BCUT2D eigenvalue weighted by atomic mass is 10.1. The molecule has 28 heavy (non-hydrogen) atoms. The van der Waals surface area contributed by atoms with Gasteiger partial charge in [-0.3, -0.25) is 4.79 Å². The van der Waals surface area contributed by atoms with Gasteiger partial charge in [0.25, 0.3) is 0 Å². The van der Waals surface area contributed by atoms with Crippen LogP contribution in [0.2, 0.25) is 5.02 Å². The molecule has 8 heteroatoms. The van der Waals surface area contributed by atoms with E-state index in [1.807, 2.05) is 0 Å². The van der Waals surface area contributed by atoms with Crippen molar-refractivity contribution in [1.29, 1.82) is 0 Å². The van der Waals surface area contributed by atoms with Crippen LogP contribution in [0.4, 0.5) is 0 Å². The minimum Gasteiger partial charge on any atom is -0.496 e. The first kappa shape index (κ1) is 20.1. The minimum atomic E-state index is -0.634. The maximum absolute atomic E-state index is 12.3. The first-order valence-corrected chi connectivity index (χ1v) is 9.45. The van der Waals surface area contributed by atoms with Crippen LogP contribution in [-0.2, 0) is 14.3 Å². The Morgan fingerprint density at radius 1 is 1.25 bits per heavy atom. The van der Waals surface area contributed by atoms with Crippen molar-refractivity contribution < 1.29 is 23.8 Å². The van der Waals surface area contributed by atoms with Crippen molar-refractivity contribution in [3.05, 3.63) is 62.7 Å². The summed E-state index contributed by atoms with van der Waals surface area (Å²) in [5, 5.41) is 0.452. The molecule has 1 aliphatic rings. The maximum atomic E-state index is 12.3. The molecule has 6 nitrogen and oxygen atoms in total. The maximum Gasteiger partial charge on any atom is 0.363 e. The summed E-state index contributed by atoms with van der Waals surface area (Å²) in [7, 11) is 1.50. The molecule has 0 saturated heterocycles. The molecule has 2 aromatic rings. The summed E-state index contributed by atoms with van der Waals surface area (Å²) < 4.78 is 16.6. The standard InChI is InChI=1S/C20H15BrClNO5/c1-3-18(24)27-16-6-4-12(21)8-11(16)9-15-20(25)28-19(23-15)14-10-13(22)5-7-17(14)26-2/h4-10H,3H2,1-2H3/b15-9-. The molecule has 2 aromatic carbocycles. The molecule has 3 rings (SSSR count). The summed E-state index contributed by atoms with van der Waals surface area (Å²) in [5.74, 6) is -0.150. The quantitative estimate of drug-likeness (QED) is 0.362. The van der Waals surface area contributed by atoms with E-state index in [1.165, 1.54) is 13.2 Å². The van der Waals surface area contributed by atoms with E-state index in [0.29, 0.717) is 27.6 Å². The van der Waals surface area contributed by atoms with E-state index in [-0.39, 0.29) is 24.0 Å². The number of carbonyl (C=O) groups excluding carboxylic acids is 2. The van der Waals surface area contributed by atoms with E-state index in [2.05, 4.69) is 20.9 Å². The van der Waals surface area contributed by atoms with Crippen LogP contribution in [0.5, 0.6) is 11.5 Å². The predicted octanol–water partition coefficient (Wildman–Crippen LogP) is 4.77. The fourth-order valence-electron chi connectivity index (χ4n) is 2.44. The second kappa shape index (κ2) is 8.58. The number of nitrogens with zero attached hydrogens (tertiary/aromatic N) is 1. The number of halogens is 2. The van der Waals surface area contributed by atoms with Crippen LogP contribution in [0.25, 0.3) is 6.08 Å². The summed E-state index contributed by atoms with van der Waals surface area (Å²) in [6.45, 7) is 1.70. The van der Waals surface area contributed by atoms with Crippen molar-refractivity contribution in [3.8, 4) is 11.5 Å². The molecule has 0 aromatic heterocycles. The molecule has 0 amide bonds. The highest BCUT2D eigenvalue weighted by atomic mass is 79.9.